The Kier molecular flexibility index (Phi) is 7.60. The van der Waals surface area contributed by atoms with Crippen molar-refractivity contribution in [1.29, 1.82) is 5.26 Å². The summed E-state index contributed by atoms with van der Waals surface area (Å²) in [4.78, 5) is 22.9. The number of anilines is 1. The molecule has 1 N–H and O–H groups in total. The number of pyridine rings is 2. The van der Waals surface area contributed by atoms with Gasteiger partial charge in [0.1, 0.15) is 23.2 Å². The van der Waals surface area contributed by atoms with Crippen molar-refractivity contribution >= 4 is 34.2 Å². The van der Waals surface area contributed by atoms with Gasteiger partial charge >= 0.3 is 0 Å². The number of fused-ring (bicyclic) bond motifs is 1. The fourth-order valence-corrected chi connectivity index (χ4v) is 3.90. The zero-order chi connectivity index (χ0) is 24.0. The van der Waals surface area contributed by atoms with Crippen LogP contribution in [-0.4, -0.2) is 21.0 Å². The number of amides is 1. The maximum absolute atomic E-state index is 12.9. The predicted octanol–water partition coefficient (Wildman–Crippen LogP) is 6.03. The van der Waals surface area contributed by atoms with E-state index in [1.54, 1.807) is 60.9 Å². The topological polar surface area (TPSA) is 90.1 Å². The number of benzene rings is 2. The second-order valence-electron chi connectivity index (χ2n) is 6.88. The number of hydrogen-bond acceptors (Lipinski definition) is 5. The first-order valence-corrected chi connectivity index (χ1v) is 10.9. The second kappa shape index (κ2) is 10.6. The summed E-state index contributed by atoms with van der Waals surface area (Å²) in [6.07, 6.45) is 3.17. The summed E-state index contributed by atoms with van der Waals surface area (Å²) in [5, 5.41) is 21.6. The quantitative estimate of drug-likeness (QED) is 0.403. The molecule has 2 aromatic carbocycles. The fourth-order valence-electron chi connectivity index (χ4n) is 3.63. The number of aromatic nitrogens is 2. The van der Waals surface area contributed by atoms with E-state index in [1.165, 1.54) is 11.8 Å². The first kappa shape index (κ1) is 23.7. The number of halogens is 1. The van der Waals surface area contributed by atoms with Crippen molar-refractivity contribution in [3.8, 4) is 11.8 Å². The second-order valence-corrected chi connectivity index (χ2v) is 7.26. The highest BCUT2D eigenvalue weighted by molar-refractivity contribution is 6.32. The van der Waals surface area contributed by atoms with E-state index in [2.05, 4.69) is 16.0 Å². The van der Waals surface area contributed by atoms with E-state index in [0.717, 1.165) is 5.39 Å². The molecule has 0 radical (unpaired) electrons. The van der Waals surface area contributed by atoms with Crippen molar-refractivity contribution in [3.05, 3.63) is 94.8 Å². The Hall–Kier alpha value is -3.95. The molecule has 33 heavy (non-hydrogen) atoms. The first-order chi connectivity index (χ1) is 16.0. The van der Waals surface area contributed by atoms with Gasteiger partial charge < -0.3 is 5.11 Å². The molecule has 166 valence electrons. The van der Waals surface area contributed by atoms with Crippen LogP contribution in [0.2, 0.25) is 5.02 Å². The number of aromatic hydroxyl groups is 1. The molecule has 7 heteroatoms. The lowest BCUT2D eigenvalue weighted by molar-refractivity contribution is -0.117. The highest BCUT2D eigenvalue weighted by Gasteiger charge is 2.32. The van der Waals surface area contributed by atoms with Gasteiger partial charge in [0.05, 0.1) is 16.6 Å². The highest BCUT2D eigenvalue weighted by atomic mass is 35.5. The lowest BCUT2D eigenvalue weighted by Crippen LogP contribution is -2.34. The summed E-state index contributed by atoms with van der Waals surface area (Å²) in [6, 6.07) is 18.7. The number of phenolic OH excluding ortho intramolecular Hbond substituents is 1. The van der Waals surface area contributed by atoms with E-state index in [-0.39, 0.29) is 22.2 Å². The molecule has 6 nitrogen and oxygen atoms in total. The van der Waals surface area contributed by atoms with E-state index >= 15 is 0 Å². The number of carbonyl (C=O) groups is 1. The van der Waals surface area contributed by atoms with Crippen LogP contribution in [0.1, 0.15) is 43.5 Å². The molecule has 0 bridgehead atoms. The summed E-state index contributed by atoms with van der Waals surface area (Å²) in [5.41, 5.74) is 1.59. The molecule has 0 saturated carbocycles. The van der Waals surface area contributed by atoms with Gasteiger partial charge in [0.2, 0.25) is 5.91 Å². The molecule has 0 aliphatic rings. The average Bonchev–Trinajstić information content (AvgIpc) is 2.85. The van der Waals surface area contributed by atoms with E-state index < -0.39 is 6.04 Å². The fraction of sp³-hybridized carbons (Fsp3) is 0.154. The molecule has 0 aliphatic carbocycles. The van der Waals surface area contributed by atoms with Crippen LogP contribution in [0.4, 0.5) is 5.82 Å². The molecule has 4 rings (SSSR count). The number of nitriles is 1. The summed E-state index contributed by atoms with van der Waals surface area (Å²) in [7, 11) is 0. The van der Waals surface area contributed by atoms with Gasteiger partial charge in [-0.15, -0.1) is 0 Å². The molecule has 2 heterocycles. The smallest absolute Gasteiger partial charge is 0.225 e. The van der Waals surface area contributed by atoms with Crippen LogP contribution in [0.5, 0.6) is 5.75 Å². The molecular weight excluding hydrogens is 436 g/mol. The number of phenols is 1. The van der Waals surface area contributed by atoms with E-state index in [0.29, 0.717) is 22.5 Å². The molecule has 1 amide bonds. The van der Waals surface area contributed by atoms with Gasteiger partial charge in [-0.25, -0.2) is 4.98 Å². The zero-order valence-electron chi connectivity index (χ0n) is 18.5. The zero-order valence-corrected chi connectivity index (χ0v) is 19.3. The number of carbonyl (C=O) groups excluding carboxylic acids is 1. The Morgan fingerprint density at radius 3 is 2.42 bits per heavy atom. The minimum absolute atomic E-state index is 0.0660. The van der Waals surface area contributed by atoms with Crippen molar-refractivity contribution in [2.45, 2.75) is 26.8 Å². The van der Waals surface area contributed by atoms with E-state index in [4.69, 9.17) is 11.6 Å². The van der Waals surface area contributed by atoms with Crippen molar-refractivity contribution in [3.63, 3.8) is 0 Å². The Labute approximate surface area is 197 Å². The number of nitrogens with zero attached hydrogens (tertiary/aromatic N) is 4. The van der Waals surface area contributed by atoms with Crippen molar-refractivity contribution in [1.82, 2.24) is 9.97 Å². The molecule has 1 unspecified atom stereocenters. The Bertz CT molecular complexity index is 1320. The van der Waals surface area contributed by atoms with Crippen LogP contribution in [0.25, 0.3) is 10.9 Å². The third-order valence-corrected chi connectivity index (χ3v) is 5.43. The Morgan fingerprint density at radius 2 is 1.76 bits per heavy atom. The van der Waals surface area contributed by atoms with Crippen LogP contribution in [0.15, 0.2) is 73.1 Å². The summed E-state index contributed by atoms with van der Waals surface area (Å²) in [6.45, 7) is 5.42. The van der Waals surface area contributed by atoms with Gasteiger partial charge in [-0.2, -0.15) is 5.26 Å². The average molecular weight is 459 g/mol. The van der Waals surface area contributed by atoms with Gasteiger partial charge in [-0.3, -0.25) is 14.7 Å². The van der Waals surface area contributed by atoms with Crippen molar-refractivity contribution in [2.75, 3.05) is 4.90 Å². The number of hydrogen-bond donors (Lipinski definition) is 1. The van der Waals surface area contributed by atoms with Crippen LogP contribution in [-0.2, 0) is 4.79 Å². The monoisotopic (exact) mass is 458 g/mol. The number of rotatable bonds is 4. The highest BCUT2D eigenvalue weighted by Crippen LogP contribution is 2.42. The predicted molar refractivity (Wildman–Crippen MR) is 130 cm³/mol. The van der Waals surface area contributed by atoms with Gasteiger partial charge in [-0.05, 0) is 29.8 Å². The largest absolute Gasteiger partial charge is 0.505 e. The Morgan fingerprint density at radius 1 is 1.00 bits per heavy atom. The standard InChI is InChI=1S/C24H17ClN4O2.C2H6/c1-15(30)29(20-9-2-3-12-27-20)23(18-8-4-6-17(14-26)21(18)25)19-11-10-16-7-5-13-28-22(16)24(19)31;1-2/h2-13,23,31H,1H3;1-2H3. The van der Waals surface area contributed by atoms with Gasteiger partial charge in [0.25, 0.3) is 0 Å². The molecular formula is C26H23ClN4O2. The molecule has 0 aliphatic heterocycles. The van der Waals surface area contributed by atoms with E-state index in [1.807, 2.05) is 26.0 Å². The normalized spacial score (nSPS) is 11.1. The lowest BCUT2D eigenvalue weighted by Gasteiger charge is -2.32. The molecule has 2 aromatic heterocycles. The SMILES string of the molecule is CC.CC(=O)N(c1ccccn1)C(c1cccc(C#N)c1Cl)c1ccc2cccnc2c1O. The summed E-state index contributed by atoms with van der Waals surface area (Å²) in [5.74, 6) is 0.0188. The summed E-state index contributed by atoms with van der Waals surface area (Å²) < 4.78 is 0. The molecule has 4 aromatic rings. The van der Waals surface area contributed by atoms with Crippen LogP contribution in [0, 0.1) is 11.3 Å². The molecule has 0 saturated heterocycles. The summed E-state index contributed by atoms with van der Waals surface area (Å²) >= 11 is 6.58. The van der Waals surface area contributed by atoms with E-state index in [9.17, 15) is 15.2 Å². The maximum Gasteiger partial charge on any atom is 0.225 e. The third kappa shape index (κ3) is 4.64. The Balaban J connectivity index is 0.00000149. The van der Waals surface area contributed by atoms with Crippen LogP contribution in [0.3, 0.4) is 0 Å². The van der Waals surface area contributed by atoms with Gasteiger partial charge in [0, 0.05) is 30.3 Å². The molecule has 0 fully saturated rings. The minimum Gasteiger partial charge on any atom is -0.505 e. The van der Waals surface area contributed by atoms with Gasteiger partial charge in [-0.1, -0.05) is 61.8 Å². The van der Waals surface area contributed by atoms with Crippen molar-refractivity contribution in [2.24, 2.45) is 0 Å². The van der Waals surface area contributed by atoms with Crippen LogP contribution >= 0.6 is 11.6 Å². The lowest BCUT2D eigenvalue weighted by atomic mass is 9.93. The van der Waals surface area contributed by atoms with Gasteiger partial charge in [0.15, 0.2) is 0 Å². The maximum atomic E-state index is 12.9. The molecule has 0 spiro atoms. The van der Waals surface area contributed by atoms with Crippen LogP contribution < -0.4 is 4.90 Å². The third-order valence-electron chi connectivity index (χ3n) is 5.01. The minimum atomic E-state index is -0.834. The molecule has 1 atom stereocenters. The van der Waals surface area contributed by atoms with Crippen molar-refractivity contribution < 1.29 is 9.90 Å². The first-order valence-electron chi connectivity index (χ1n) is 10.5.